The number of piperazine rings is 1. The van der Waals surface area contributed by atoms with Gasteiger partial charge in [-0.15, -0.1) is 0 Å². The van der Waals surface area contributed by atoms with Gasteiger partial charge in [-0.2, -0.15) is 0 Å². The Kier molecular flexibility index (Phi) is 7.34. The van der Waals surface area contributed by atoms with Crippen molar-refractivity contribution in [2.75, 3.05) is 46.3 Å². The summed E-state index contributed by atoms with van der Waals surface area (Å²) in [6.45, 7) is 10.5. The summed E-state index contributed by atoms with van der Waals surface area (Å²) in [4.78, 5) is 16.5. The average Bonchev–Trinajstić information content (AvgIpc) is 2.35. The van der Waals surface area contributed by atoms with Crippen LogP contribution >= 0.6 is 0 Å². The lowest BCUT2D eigenvalue weighted by molar-refractivity contribution is -0.122. The maximum Gasteiger partial charge on any atom is 0.236 e. The van der Waals surface area contributed by atoms with Crippen molar-refractivity contribution in [1.82, 2.24) is 15.1 Å². The Morgan fingerprint density at radius 2 is 1.89 bits per heavy atom. The molecule has 0 radical (unpaired) electrons. The van der Waals surface area contributed by atoms with Crippen LogP contribution in [0.15, 0.2) is 0 Å². The number of hydrogen-bond donors (Lipinski definition) is 2. The van der Waals surface area contributed by atoms with Gasteiger partial charge in [0.15, 0.2) is 0 Å². The van der Waals surface area contributed by atoms with Crippen LogP contribution in [0.1, 0.15) is 26.7 Å². The highest BCUT2D eigenvalue weighted by Gasteiger charge is 2.15. The topological polar surface area (TPSA) is 61.6 Å². The van der Waals surface area contributed by atoms with E-state index in [1.165, 1.54) is 0 Å². The van der Waals surface area contributed by atoms with Gasteiger partial charge in [-0.05, 0) is 32.4 Å². The van der Waals surface area contributed by atoms with Crippen molar-refractivity contribution in [3.05, 3.63) is 0 Å². The van der Waals surface area contributed by atoms with Gasteiger partial charge in [0.1, 0.15) is 0 Å². The summed E-state index contributed by atoms with van der Waals surface area (Å²) in [5.41, 5.74) is 5.83. The number of nitrogens with one attached hydrogen (secondary N) is 1. The lowest BCUT2D eigenvalue weighted by Gasteiger charge is -2.32. The number of amides is 1. The first-order valence-electron chi connectivity index (χ1n) is 7.43. The molecule has 19 heavy (non-hydrogen) atoms. The van der Waals surface area contributed by atoms with Gasteiger partial charge in [-0.25, -0.2) is 0 Å². The minimum absolute atomic E-state index is 0.00734. The Morgan fingerprint density at radius 1 is 1.26 bits per heavy atom. The maximum atomic E-state index is 11.7. The molecule has 1 saturated heterocycles. The molecule has 1 aliphatic heterocycles. The monoisotopic (exact) mass is 270 g/mol. The van der Waals surface area contributed by atoms with E-state index in [2.05, 4.69) is 36.0 Å². The minimum atomic E-state index is -0.358. The molecule has 0 aromatic heterocycles. The summed E-state index contributed by atoms with van der Waals surface area (Å²) < 4.78 is 0. The van der Waals surface area contributed by atoms with Gasteiger partial charge in [-0.3, -0.25) is 4.79 Å². The Morgan fingerprint density at radius 3 is 2.47 bits per heavy atom. The number of carbonyl (C=O) groups is 1. The van der Waals surface area contributed by atoms with Crippen LogP contribution in [0.4, 0.5) is 0 Å². The molecular formula is C14H30N4O. The van der Waals surface area contributed by atoms with E-state index in [9.17, 15) is 4.79 Å². The van der Waals surface area contributed by atoms with E-state index in [-0.39, 0.29) is 11.9 Å². The molecule has 0 aliphatic carbocycles. The van der Waals surface area contributed by atoms with Crippen LogP contribution < -0.4 is 11.1 Å². The van der Waals surface area contributed by atoms with Crippen molar-refractivity contribution in [1.29, 1.82) is 0 Å². The second kappa shape index (κ2) is 8.51. The van der Waals surface area contributed by atoms with Gasteiger partial charge in [-0.1, -0.05) is 13.8 Å². The van der Waals surface area contributed by atoms with Gasteiger partial charge >= 0.3 is 0 Å². The molecule has 1 fully saturated rings. The zero-order valence-electron chi connectivity index (χ0n) is 12.7. The fourth-order valence-corrected chi connectivity index (χ4v) is 2.33. The number of rotatable bonds is 7. The lowest BCUT2D eigenvalue weighted by Crippen LogP contribution is -2.46. The largest absolute Gasteiger partial charge is 0.355 e. The van der Waals surface area contributed by atoms with E-state index >= 15 is 0 Å². The maximum absolute atomic E-state index is 11.7. The van der Waals surface area contributed by atoms with Crippen molar-refractivity contribution < 1.29 is 4.79 Å². The van der Waals surface area contributed by atoms with E-state index in [0.717, 1.165) is 52.1 Å². The standard InChI is InChI=1S/C14H30N4O/c1-12(2)11-13(15)14(19)16-5-4-6-18-9-7-17(3)8-10-18/h12-13H,4-11,15H2,1-3H3,(H,16,19)/t13-/m1/s1. The fourth-order valence-electron chi connectivity index (χ4n) is 2.33. The fraction of sp³-hybridized carbons (Fsp3) is 0.929. The van der Waals surface area contributed by atoms with Crippen molar-refractivity contribution in [3.63, 3.8) is 0 Å². The van der Waals surface area contributed by atoms with Crippen LogP contribution in [-0.2, 0) is 4.79 Å². The van der Waals surface area contributed by atoms with Crippen LogP contribution in [0, 0.1) is 5.92 Å². The van der Waals surface area contributed by atoms with Crippen LogP contribution in [0.25, 0.3) is 0 Å². The van der Waals surface area contributed by atoms with Crippen LogP contribution in [-0.4, -0.2) is 68.1 Å². The molecule has 1 rings (SSSR count). The van der Waals surface area contributed by atoms with Crippen molar-refractivity contribution >= 4 is 5.91 Å². The third kappa shape index (κ3) is 6.89. The predicted molar refractivity (Wildman–Crippen MR) is 79.0 cm³/mol. The normalized spacial score (nSPS) is 19.6. The molecule has 1 aliphatic rings. The van der Waals surface area contributed by atoms with Gasteiger partial charge in [0, 0.05) is 32.7 Å². The number of likely N-dealkylation sites (N-methyl/N-ethyl adjacent to an activating group) is 1. The molecule has 1 heterocycles. The molecule has 112 valence electrons. The summed E-state index contributed by atoms with van der Waals surface area (Å²) in [6, 6.07) is -0.358. The minimum Gasteiger partial charge on any atom is -0.355 e. The third-order valence-corrected chi connectivity index (χ3v) is 3.61. The second-order valence-corrected chi connectivity index (χ2v) is 6.03. The van der Waals surface area contributed by atoms with Gasteiger partial charge in [0.25, 0.3) is 0 Å². The lowest BCUT2D eigenvalue weighted by atomic mass is 10.0. The number of hydrogen-bond acceptors (Lipinski definition) is 4. The molecule has 5 nitrogen and oxygen atoms in total. The molecule has 0 bridgehead atoms. The van der Waals surface area contributed by atoms with Crippen molar-refractivity contribution in [2.45, 2.75) is 32.7 Å². The molecule has 0 aromatic carbocycles. The van der Waals surface area contributed by atoms with Crippen LogP contribution in [0.5, 0.6) is 0 Å². The van der Waals surface area contributed by atoms with Gasteiger partial charge < -0.3 is 20.9 Å². The van der Waals surface area contributed by atoms with Crippen molar-refractivity contribution in [2.24, 2.45) is 11.7 Å². The Hall–Kier alpha value is -0.650. The summed E-state index contributed by atoms with van der Waals surface area (Å²) in [6.07, 6.45) is 1.76. The number of nitrogens with two attached hydrogens (primary N) is 1. The van der Waals surface area contributed by atoms with Gasteiger partial charge in [0.05, 0.1) is 6.04 Å². The SMILES string of the molecule is CC(C)C[C@@H](N)C(=O)NCCCN1CCN(C)CC1. The van der Waals surface area contributed by atoms with Gasteiger partial charge in [0.2, 0.25) is 5.91 Å². The number of carbonyl (C=O) groups excluding carboxylic acids is 1. The molecule has 1 amide bonds. The molecule has 0 spiro atoms. The van der Waals surface area contributed by atoms with E-state index in [4.69, 9.17) is 5.73 Å². The molecular weight excluding hydrogens is 240 g/mol. The Labute approximate surface area is 117 Å². The Bertz CT molecular complexity index is 262. The smallest absolute Gasteiger partial charge is 0.236 e. The summed E-state index contributed by atoms with van der Waals surface area (Å²) in [5, 5.41) is 2.94. The van der Waals surface area contributed by atoms with E-state index < -0.39 is 0 Å². The van der Waals surface area contributed by atoms with Crippen LogP contribution in [0.2, 0.25) is 0 Å². The highest BCUT2D eigenvalue weighted by molar-refractivity contribution is 5.81. The molecule has 3 N–H and O–H groups in total. The zero-order chi connectivity index (χ0) is 14.3. The van der Waals surface area contributed by atoms with E-state index in [0.29, 0.717) is 5.92 Å². The quantitative estimate of drug-likeness (QED) is 0.645. The summed E-state index contributed by atoms with van der Waals surface area (Å²) in [5.74, 6) is 0.457. The van der Waals surface area contributed by atoms with E-state index in [1.807, 2.05) is 0 Å². The van der Waals surface area contributed by atoms with Crippen molar-refractivity contribution in [3.8, 4) is 0 Å². The first-order chi connectivity index (χ1) is 8.99. The zero-order valence-corrected chi connectivity index (χ0v) is 12.7. The highest BCUT2D eigenvalue weighted by atomic mass is 16.2. The molecule has 0 aromatic rings. The number of nitrogens with zero attached hydrogens (tertiary/aromatic N) is 2. The first kappa shape index (κ1) is 16.4. The molecule has 0 saturated carbocycles. The first-order valence-corrected chi connectivity index (χ1v) is 7.43. The average molecular weight is 270 g/mol. The Balaban J connectivity index is 2.05. The molecule has 5 heteroatoms. The highest BCUT2D eigenvalue weighted by Crippen LogP contribution is 2.03. The molecule has 1 atom stereocenters. The third-order valence-electron chi connectivity index (χ3n) is 3.61. The molecule has 0 unspecified atom stereocenters. The predicted octanol–water partition coefficient (Wildman–Crippen LogP) is 0.114. The summed E-state index contributed by atoms with van der Waals surface area (Å²) >= 11 is 0. The van der Waals surface area contributed by atoms with E-state index in [1.54, 1.807) is 0 Å². The second-order valence-electron chi connectivity index (χ2n) is 6.03. The summed E-state index contributed by atoms with van der Waals surface area (Å²) in [7, 11) is 2.16. The van der Waals surface area contributed by atoms with Crippen LogP contribution in [0.3, 0.4) is 0 Å².